The van der Waals surface area contributed by atoms with E-state index in [9.17, 15) is 18.5 Å². The van der Waals surface area contributed by atoms with Gasteiger partial charge >= 0.3 is 0 Å². The van der Waals surface area contributed by atoms with Crippen LogP contribution in [0.25, 0.3) is 12.2 Å². The Morgan fingerprint density at radius 2 is 1.62 bits per heavy atom. The number of nitro groups is 1. The molecule has 1 N–H and O–H groups in total. The lowest BCUT2D eigenvalue weighted by molar-refractivity contribution is -0.384. The van der Waals surface area contributed by atoms with Crippen molar-refractivity contribution >= 4 is 28.0 Å². The molecule has 0 saturated heterocycles. The molecule has 108 valence electrons. The summed E-state index contributed by atoms with van der Waals surface area (Å²) in [5, 5.41) is 10.5. The molecule has 2 rings (SSSR count). The highest BCUT2D eigenvalue weighted by atomic mass is 32.2. The van der Waals surface area contributed by atoms with Crippen molar-refractivity contribution in [3.63, 3.8) is 0 Å². The standard InChI is InChI=1S/C14H11NO5S/c16-15(17)13-9-6-11(7-10-13)5-8-12-3-1-2-4-14(12)21(18,19)20/h1-10H,(H,18,19,20)/b8-5-. The Balaban J connectivity index is 2.32. The summed E-state index contributed by atoms with van der Waals surface area (Å²) >= 11 is 0. The first-order valence-corrected chi connectivity index (χ1v) is 7.31. The van der Waals surface area contributed by atoms with Crippen LogP contribution in [0.1, 0.15) is 11.1 Å². The molecular weight excluding hydrogens is 294 g/mol. The van der Waals surface area contributed by atoms with Crippen LogP contribution >= 0.6 is 0 Å². The molecule has 0 spiro atoms. The normalized spacial score (nSPS) is 11.7. The zero-order valence-electron chi connectivity index (χ0n) is 10.7. The fourth-order valence-electron chi connectivity index (χ4n) is 1.75. The van der Waals surface area contributed by atoms with Gasteiger partial charge in [-0.3, -0.25) is 14.7 Å². The van der Waals surface area contributed by atoms with Crippen molar-refractivity contribution in [1.29, 1.82) is 0 Å². The largest absolute Gasteiger partial charge is 0.295 e. The number of hydrogen-bond acceptors (Lipinski definition) is 4. The second-order valence-electron chi connectivity index (χ2n) is 4.19. The molecule has 0 heterocycles. The molecule has 0 aromatic heterocycles. The maximum Gasteiger partial charge on any atom is 0.295 e. The number of nitro benzene ring substituents is 1. The van der Waals surface area contributed by atoms with Crippen LogP contribution in [0, 0.1) is 10.1 Å². The minimum absolute atomic E-state index is 0.0227. The van der Waals surface area contributed by atoms with Crippen LogP contribution in [0.3, 0.4) is 0 Å². The van der Waals surface area contributed by atoms with Gasteiger partial charge in [0.05, 0.1) is 4.92 Å². The lowest BCUT2D eigenvalue weighted by Crippen LogP contribution is -2.00. The predicted octanol–water partition coefficient (Wildman–Crippen LogP) is 3.01. The minimum Gasteiger partial charge on any atom is -0.282 e. The van der Waals surface area contributed by atoms with E-state index in [4.69, 9.17) is 4.55 Å². The van der Waals surface area contributed by atoms with E-state index in [0.717, 1.165) is 0 Å². The molecular formula is C14H11NO5S. The molecule has 0 amide bonds. The van der Waals surface area contributed by atoms with E-state index in [1.54, 1.807) is 30.3 Å². The molecule has 0 bridgehead atoms. The Bertz CT molecular complexity index is 794. The Morgan fingerprint density at radius 1 is 1.00 bits per heavy atom. The summed E-state index contributed by atoms with van der Waals surface area (Å²) in [6.07, 6.45) is 3.12. The van der Waals surface area contributed by atoms with Crippen molar-refractivity contribution < 1.29 is 17.9 Å². The minimum atomic E-state index is -4.30. The monoisotopic (exact) mass is 305 g/mol. The van der Waals surface area contributed by atoms with Gasteiger partial charge in [-0.15, -0.1) is 0 Å². The van der Waals surface area contributed by atoms with Crippen molar-refractivity contribution in [2.24, 2.45) is 0 Å². The van der Waals surface area contributed by atoms with E-state index >= 15 is 0 Å². The summed E-state index contributed by atoms with van der Waals surface area (Å²) in [6, 6.07) is 11.8. The highest BCUT2D eigenvalue weighted by Gasteiger charge is 2.12. The number of benzene rings is 2. The van der Waals surface area contributed by atoms with Crippen molar-refractivity contribution in [3.05, 3.63) is 69.8 Å². The zero-order valence-corrected chi connectivity index (χ0v) is 11.5. The first kappa shape index (κ1) is 14.9. The van der Waals surface area contributed by atoms with Gasteiger partial charge < -0.3 is 0 Å². The summed E-state index contributed by atoms with van der Waals surface area (Å²) in [6.45, 7) is 0. The molecule has 21 heavy (non-hydrogen) atoms. The Morgan fingerprint density at radius 3 is 2.19 bits per heavy atom. The molecule has 0 unspecified atom stereocenters. The van der Waals surface area contributed by atoms with Gasteiger partial charge in [0.2, 0.25) is 0 Å². The quantitative estimate of drug-likeness (QED) is 0.405. The average Bonchev–Trinajstić information content (AvgIpc) is 2.45. The van der Waals surface area contributed by atoms with Gasteiger partial charge in [0, 0.05) is 12.1 Å². The number of hydrogen-bond donors (Lipinski definition) is 1. The van der Waals surface area contributed by atoms with Gasteiger partial charge in [0.1, 0.15) is 4.90 Å². The fourth-order valence-corrected chi connectivity index (χ4v) is 2.43. The first-order chi connectivity index (χ1) is 9.88. The van der Waals surface area contributed by atoms with Crippen LogP contribution in [0.15, 0.2) is 53.4 Å². The van der Waals surface area contributed by atoms with Crippen LogP contribution in [-0.2, 0) is 10.1 Å². The lowest BCUT2D eigenvalue weighted by atomic mass is 10.1. The Kier molecular flexibility index (Phi) is 4.15. The third-order valence-electron chi connectivity index (χ3n) is 2.76. The molecule has 2 aromatic rings. The van der Waals surface area contributed by atoms with Gasteiger partial charge in [-0.2, -0.15) is 8.42 Å². The van der Waals surface area contributed by atoms with Gasteiger partial charge in [-0.1, -0.05) is 30.4 Å². The van der Waals surface area contributed by atoms with Crippen LogP contribution in [-0.4, -0.2) is 17.9 Å². The van der Waals surface area contributed by atoms with Gasteiger partial charge in [0.25, 0.3) is 15.8 Å². The third-order valence-corrected chi connectivity index (χ3v) is 3.68. The molecule has 0 saturated carbocycles. The van der Waals surface area contributed by atoms with Gasteiger partial charge in [-0.25, -0.2) is 0 Å². The number of non-ortho nitro benzene ring substituents is 1. The zero-order chi connectivity index (χ0) is 15.5. The Hall–Kier alpha value is -2.51. The van der Waals surface area contributed by atoms with Gasteiger partial charge in [0.15, 0.2) is 0 Å². The lowest BCUT2D eigenvalue weighted by Gasteiger charge is -2.01. The molecule has 0 atom stereocenters. The average molecular weight is 305 g/mol. The van der Waals surface area contributed by atoms with Gasteiger partial charge in [-0.05, 0) is 29.3 Å². The van der Waals surface area contributed by atoms with Crippen molar-refractivity contribution in [2.45, 2.75) is 4.90 Å². The summed E-state index contributed by atoms with van der Waals surface area (Å²) in [7, 11) is -4.30. The molecule has 0 aliphatic carbocycles. The fraction of sp³-hybridized carbons (Fsp3) is 0. The van der Waals surface area contributed by atoms with E-state index in [-0.39, 0.29) is 10.6 Å². The molecule has 0 radical (unpaired) electrons. The molecule has 0 aliphatic rings. The third kappa shape index (κ3) is 3.74. The smallest absolute Gasteiger partial charge is 0.282 e. The van der Waals surface area contributed by atoms with Crippen LogP contribution < -0.4 is 0 Å². The van der Waals surface area contributed by atoms with Crippen molar-refractivity contribution in [3.8, 4) is 0 Å². The summed E-state index contributed by atoms with van der Waals surface area (Å²) in [5.41, 5.74) is 0.981. The van der Waals surface area contributed by atoms with Crippen LogP contribution in [0.5, 0.6) is 0 Å². The molecule has 7 heteroatoms. The maximum absolute atomic E-state index is 11.2. The summed E-state index contributed by atoms with van der Waals surface area (Å²) < 4.78 is 31.6. The maximum atomic E-state index is 11.2. The van der Waals surface area contributed by atoms with Crippen LogP contribution in [0.4, 0.5) is 5.69 Å². The van der Waals surface area contributed by atoms with E-state index in [1.807, 2.05) is 0 Å². The summed E-state index contributed by atoms with van der Waals surface area (Å²) in [5.74, 6) is 0. The van der Waals surface area contributed by atoms with Crippen LogP contribution in [0.2, 0.25) is 0 Å². The predicted molar refractivity (Wildman–Crippen MR) is 78.3 cm³/mol. The SMILES string of the molecule is O=[N+]([O-])c1ccc(/C=C\c2ccccc2S(=O)(=O)O)cc1. The highest BCUT2D eigenvalue weighted by molar-refractivity contribution is 7.85. The van der Waals surface area contributed by atoms with E-state index in [2.05, 4.69) is 0 Å². The second kappa shape index (κ2) is 5.86. The van der Waals surface area contributed by atoms with Crippen molar-refractivity contribution in [2.75, 3.05) is 0 Å². The second-order valence-corrected chi connectivity index (χ2v) is 5.58. The number of nitrogens with zero attached hydrogens (tertiary/aromatic N) is 1. The Labute approximate surface area is 121 Å². The van der Waals surface area contributed by atoms with E-state index in [1.165, 1.54) is 30.3 Å². The molecule has 2 aromatic carbocycles. The van der Waals surface area contributed by atoms with Crippen molar-refractivity contribution in [1.82, 2.24) is 0 Å². The molecule has 6 nitrogen and oxygen atoms in total. The highest BCUT2D eigenvalue weighted by Crippen LogP contribution is 2.19. The van der Waals surface area contributed by atoms with E-state index < -0.39 is 15.0 Å². The molecule has 0 aliphatic heterocycles. The topological polar surface area (TPSA) is 97.5 Å². The first-order valence-electron chi connectivity index (χ1n) is 5.87. The van der Waals surface area contributed by atoms with E-state index in [0.29, 0.717) is 11.1 Å². The number of rotatable bonds is 4. The summed E-state index contributed by atoms with van der Waals surface area (Å²) in [4.78, 5) is 9.85. The molecule has 0 fully saturated rings.